The minimum Gasteiger partial charge on any atom is -0.395 e. The lowest BCUT2D eigenvalue weighted by atomic mass is 10.1. The molecule has 0 saturated carbocycles. The van der Waals surface area contributed by atoms with Crippen LogP contribution in [0, 0.1) is 6.92 Å². The second kappa shape index (κ2) is 6.31. The van der Waals surface area contributed by atoms with Gasteiger partial charge in [-0.1, -0.05) is 0 Å². The van der Waals surface area contributed by atoms with Crippen molar-refractivity contribution in [2.24, 2.45) is 0 Å². The molecule has 0 bridgehead atoms. The molecule has 0 spiro atoms. The molecule has 1 fully saturated rings. The van der Waals surface area contributed by atoms with Gasteiger partial charge in [0.05, 0.1) is 19.3 Å². The van der Waals surface area contributed by atoms with Crippen LogP contribution in [-0.2, 0) is 4.74 Å². The smallest absolute Gasteiger partial charge is 0.330 e. The van der Waals surface area contributed by atoms with Gasteiger partial charge in [0.1, 0.15) is 6.23 Å². The van der Waals surface area contributed by atoms with E-state index >= 15 is 0 Å². The van der Waals surface area contributed by atoms with Crippen LogP contribution in [0.1, 0.15) is 18.2 Å². The predicted octanol–water partition coefficient (Wildman–Crippen LogP) is -1.92. The van der Waals surface area contributed by atoms with Crippen molar-refractivity contribution in [2.75, 3.05) is 19.8 Å². The van der Waals surface area contributed by atoms with Crippen molar-refractivity contribution in [1.82, 2.24) is 14.9 Å². The van der Waals surface area contributed by atoms with Gasteiger partial charge in [0.25, 0.3) is 5.56 Å². The molecule has 8 nitrogen and oxygen atoms in total. The molecule has 4 N–H and O–H groups in total. The minimum absolute atomic E-state index is 0.0168. The number of hydrogen-bond acceptors (Lipinski definition) is 6. The molecule has 1 aromatic rings. The number of aryl methyl sites for hydroxylation is 1. The van der Waals surface area contributed by atoms with Gasteiger partial charge in [0, 0.05) is 30.8 Å². The zero-order valence-corrected chi connectivity index (χ0v) is 11.2. The highest BCUT2D eigenvalue weighted by Gasteiger charge is 2.35. The number of hydrogen-bond donors (Lipinski definition) is 4. The monoisotopic (exact) mass is 285 g/mol. The minimum atomic E-state index is -0.550. The third-order valence-electron chi connectivity index (χ3n) is 3.39. The molecule has 2 heterocycles. The lowest BCUT2D eigenvalue weighted by Crippen LogP contribution is -2.39. The van der Waals surface area contributed by atoms with Gasteiger partial charge in [-0.25, -0.2) is 4.79 Å². The summed E-state index contributed by atoms with van der Waals surface area (Å²) in [7, 11) is 0. The van der Waals surface area contributed by atoms with Crippen LogP contribution in [0.2, 0.25) is 0 Å². The van der Waals surface area contributed by atoms with Crippen molar-refractivity contribution in [3.05, 3.63) is 32.6 Å². The van der Waals surface area contributed by atoms with E-state index in [-0.39, 0.29) is 19.3 Å². The first-order valence-corrected chi connectivity index (χ1v) is 6.49. The van der Waals surface area contributed by atoms with Crippen molar-refractivity contribution in [3.8, 4) is 0 Å². The molecule has 1 aliphatic heterocycles. The molecule has 1 aromatic heterocycles. The topological polar surface area (TPSA) is 117 Å². The summed E-state index contributed by atoms with van der Waals surface area (Å²) in [6.07, 6.45) is 0.919. The van der Waals surface area contributed by atoms with E-state index in [0.29, 0.717) is 18.5 Å². The maximum absolute atomic E-state index is 11.8. The predicted molar refractivity (Wildman–Crippen MR) is 70.5 cm³/mol. The van der Waals surface area contributed by atoms with Gasteiger partial charge >= 0.3 is 5.69 Å². The van der Waals surface area contributed by atoms with E-state index in [4.69, 9.17) is 9.84 Å². The van der Waals surface area contributed by atoms with Gasteiger partial charge in [-0.2, -0.15) is 0 Å². The molecule has 112 valence electrons. The third-order valence-corrected chi connectivity index (χ3v) is 3.39. The Morgan fingerprint density at radius 3 is 2.90 bits per heavy atom. The fourth-order valence-electron chi connectivity index (χ4n) is 2.34. The fraction of sp³-hybridized carbons (Fsp3) is 0.667. The number of aliphatic hydroxyl groups is 2. The number of nitrogens with one attached hydrogen (secondary N) is 2. The SMILES string of the molecule is Cc1cn([C@H]2C[C@H](NCCO)[C@@H](CO)O2)c(=O)[nH]c1=O. The second-order valence-electron chi connectivity index (χ2n) is 4.81. The number of ether oxygens (including phenoxy) is 1. The molecule has 3 atom stereocenters. The van der Waals surface area contributed by atoms with E-state index in [1.54, 1.807) is 6.92 Å². The molecule has 0 radical (unpaired) electrons. The Hall–Kier alpha value is -1.48. The van der Waals surface area contributed by atoms with E-state index in [1.807, 2.05) is 0 Å². The van der Waals surface area contributed by atoms with Gasteiger partial charge in [0.2, 0.25) is 0 Å². The zero-order chi connectivity index (χ0) is 14.7. The molecule has 8 heteroatoms. The van der Waals surface area contributed by atoms with Crippen molar-refractivity contribution < 1.29 is 14.9 Å². The van der Waals surface area contributed by atoms with Crippen molar-refractivity contribution in [1.29, 1.82) is 0 Å². The molecular formula is C12H19N3O5. The van der Waals surface area contributed by atoms with E-state index < -0.39 is 23.6 Å². The van der Waals surface area contributed by atoms with E-state index in [0.717, 1.165) is 0 Å². The van der Waals surface area contributed by atoms with Gasteiger partial charge in [-0.05, 0) is 6.92 Å². The van der Waals surface area contributed by atoms with Crippen LogP contribution in [0.3, 0.4) is 0 Å². The first-order valence-electron chi connectivity index (χ1n) is 6.49. The van der Waals surface area contributed by atoms with Crippen molar-refractivity contribution >= 4 is 0 Å². The van der Waals surface area contributed by atoms with Crippen LogP contribution in [0.15, 0.2) is 15.8 Å². The first kappa shape index (κ1) is 14.9. The first-order chi connectivity index (χ1) is 9.56. The quantitative estimate of drug-likeness (QED) is 0.501. The standard InChI is InChI=1S/C12H19N3O5/c1-7-5-15(12(19)14-11(7)18)10-4-8(13-2-3-16)9(6-17)20-10/h5,8-10,13,16-17H,2-4,6H2,1H3,(H,14,18,19)/t8-,9+,10+/m0/s1. The second-order valence-corrected chi connectivity index (χ2v) is 4.81. The number of H-pyrrole nitrogens is 1. The highest BCUT2D eigenvalue weighted by molar-refractivity contribution is 5.02. The van der Waals surface area contributed by atoms with Crippen LogP contribution in [-0.4, -0.2) is 51.7 Å². The van der Waals surface area contributed by atoms with Crippen molar-refractivity contribution in [3.63, 3.8) is 0 Å². The van der Waals surface area contributed by atoms with Gasteiger partial charge in [0.15, 0.2) is 0 Å². The van der Waals surface area contributed by atoms with Crippen LogP contribution < -0.4 is 16.6 Å². The van der Waals surface area contributed by atoms with Gasteiger partial charge < -0.3 is 20.3 Å². The average Bonchev–Trinajstić information content (AvgIpc) is 2.83. The molecule has 20 heavy (non-hydrogen) atoms. The normalized spacial score (nSPS) is 26.1. The lowest BCUT2D eigenvalue weighted by Gasteiger charge is -2.16. The zero-order valence-electron chi connectivity index (χ0n) is 11.2. The molecule has 0 aromatic carbocycles. The number of rotatable bonds is 5. The summed E-state index contributed by atoms with van der Waals surface area (Å²) in [6.45, 7) is 1.79. The summed E-state index contributed by atoms with van der Waals surface area (Å²) >= 11 is 0. The third kappa shape index (κ3) is 2.98. The molecule has 1 aliphatic rings. The Labute approximate surface area is 115 Å². The summed E-state index contributed by atoms with van der Waals surface area (Å²) in [4.78, 5) is 25.4. The molecule has 0 aliphatic carbocycles. The van der Waals surface area contributed by atoms with E-state index in [2.05, 4.69) is 10.3 Å². The van der Waals surface area contributed by atoms with Crippen LogP contribution in [0.4, 0.5) is 0 Å². The maximum atomic E-state index is 11.8. The maximum Gasteiger partial charge on any atom is 0.330 e. The van der Waals surface area contributed by atoms with Crippen LogP contribution >= 0.6 is 0 Å². The lowest BCUT2D eigenvalue weighted by molar-refractivity contribution is -0.0292. The summed E-state index contributed by atoms with van der Waals surface area (Å²) in [5, 5.41) is 21.2. The van der Waals surface area contributed by atoms with Gasteiger partial charge in [-0.15, -0.1) is 0 Å². The largest absolute Gasteiger partial charge is 0.395 e. The summed E-state index contributed by atoms with van der Waals surface area (Å²) in [5.41, 5.74) is -0.538. The molecule has 2 rings (SSSR count). The Kier molecular flexibility index (Phi) is 4.71. The number of nitrogens with zero attached hydrogens (tertiary/aromatic N) is 1. The Morgan fingerprint density at radius 2 is 2.25 bits per heavy atom. The Bertz CT molecular complexity index is 567. The highest BCUT2D eigenvalue weighted by Crippen LogP contribution is 2.27. The Balaban J connectivity index is 2.20. The fourth-order valence-corrected chi connectivity index (χ4v) is 2.34. The number of aliphatic hydroxyl groups excluding tert-OH is 2. The summed E-state index contributed by atoms with van der Waals surface area (Å²) < 4.78 is 6.95. The molecule has 1 saturated heterocycles. The molecule has 0 unspecified atom stereocenters. The Morgan fingerprint density at radius 1 is 1.50 bits per heavy atom. The molecule has 0 amide bonds. The van der Waals surface area contributed by atoms with Crippen molar-refractivity contribution in [2.45, 2.75) is 31.7 Å². The van der Waals surface area contributed by atoms with Gasteiger partial charge in [-0.3, -0.25) is 14.3 Å². The number of aromatic amines is 1. The highest BCUT2D eigenvalue weighted by atomic mass is 16.5. The van der Waals surface area contributed by atoms with Crippen LogP contribution in [0.5, 0.6) is 0 Å². The van der Waals surface area contributed by atoms with E-state index in [1.165, 1.54) is 10.8 Å². The molecular weight excluding hydrogens is 266 g/mol. The van der Waals surface area contributed by atoms with Crippen LogP contribution in [0.25, 0.3) is 0 Å². The van der Waals surface area contributed by atoms with E-state index in [9.17, 15) is 14.7 Å². The summed E-state index contributed by atoms with van der Waals surface area (Å²) in [5.74, 6) is 0. The average molecular weight is 285 g/mol. The number of aromatic nitrogens is 2. The summed E-state index contributed by atoms with van der Waals surface area (Å²) in [6, 6.07) is -0.156.